The summed E-state index contributed by atoms with van der Waals surface area (Å²) in [5.41, 5.74) is 3.46. The Kier molecular flexibility index (Phi) is 11.8. The second-order valence-electron chi connectivity index (χ2n) is 4.55. The third-order valence-corrected chi connectivity index (χ3v) is 2.60. The monoisotopic (exact) mass is 422 g/mol. The standard InChI is InChI=1S/C15H11N3.3HNO3/c1-3-10-16-12(6-1)14-8-5-9-15(18-14)13-7-2-4-11-17-13;3*2-1(3)4/h1-11H;3*(H,2,3,4). The molecule has 0 unspecified atom stereocenters. The van der Waals surface area contributed by atoms with Crippen LogP contribution >= 0.6 is 0 Å². The van der Waals surface area contributed by atoms with Crippen LogP contribution in [0.25, 0.3) is 22.8 Å². The maximum atomic E-state index is 8.36. The smallest absolute Gasteiger partial charge is 0.291 e. The zero-order valence-electron chi connectivity index (χ0n) is 14.8. The largest absolute Gasteiger partial charge is 0.328 e. The first-order valence-corrected chi connectivity index (χ1v) is 7.43. The zero-order chi connectivity index (χ0) is 22.9. The summed E-state index contributed by atoms with van der Waals surface area (Å²) < 4.78 is 0. The summed E-state index contributed by atoms with van der Waals surface area (Å²) in [6, 6.07) is 17.5. The fourth-order valence-corrected chi connectivity index (χ4v) is 1.75. The topological polar surface area (TPSA) is 229 Å². The van der Waals surface area contributed by atoms with Crippen LogP contribution in [0.5, 0.6) is 0 Å². The van der Waals surface area contributed by atoms with Gasteiger partial charge in [-0.1, -0.05) is 18.2 Å². The van der Waals surface area contributed by atoms with E-state index in [1.165, 1.54) is 0 Å². The van der Waals surface area contributed by atoms with E-state index in [0.29, 0.717) is 0 Å². The minimum atomic E-state index is -1.50. The van der Waals surface area contributed by atoms with Gasteiger partial charge in [0.2, 0.25) is 0 Å². The Bertz CT molecular complexity index is 833. The molecule has 0 aliphatic rings. The Morgan fingerprint density at radius 3 is 1.13 bits per heavy atom. The highest BCUT2D eigenvalue weighted by molar-refractivity contribution is 5.61. The van der Waals surface area contributed by atoms with Crippen molar-refractivity contribution in [3.05, 3.63) is 97.3 Å². The van der Waals surface area contributed by atoms with E-state index in [-0.39, 0.29) is 0 Å². The lowest BCUT2D eigenvalue weighted by atomic mass is 10.2. The van der Waals surface area contributed by atoms with Crippen LogP contribution in [0.15, 0.2) is 67.0 Å². The predicted octanol–water partition coefficient (Wildman–Crippen LogP) is 2.16. The molecule has 0 radical (unpaired) electrons. The average molecular weight is 422 g/mol. The molecule has 0 fully saturated rings. The molecule has 0 saturated heterocycles. The summed E-state index contributed by atoms with van der Waals surface area (Å²) >= 11 is 0. The van der Waals surface area contributed by atoms with Crippen molar-refractivity contribution in [2.24, 2.45) is 0 Å². The van der Waals surface area contributed by atoms with Crippen LogP contribution in [-0.4, -0.2) is 45.8 Å². The molecule has 158 valence electrons. The summed E-state index contributed by atoms with van der Waals surface area (Å²) in [7, 11) is 0. The van der Waals surface area contributed by atoms with Crippen molar-refractivity contribution in [1.29, 1.82) is 0 Å². The number of hydrogen-bond acceptors (Lipinski definition) is 9. The molecule has 0 aromatic carbocycles. The van der Waals surface area contributed by atoms with Crippen molar-refractivity contribution in [2.75, 3.05) is 0 Å². The van der Waals surface area contributed by atoms with Crippen LogP contribution < -0.4 is 0 Å². The first-order valence-electron chi connectivity index (χ1n) is 7.43. The maximum Gasteiger partial charge on any atom is 0.291 e. The molecule has 3 rings (SSSR count). The van der Waals surface area contributed by atoms with Gasteiger partial charge in [0.15, 0.2) is 0 Å². The van der Waals surface area contributed by atoms with E-state index in [9.17, 15) is 0 Å². The molecule has 0 aliphatic heterocycles. The van der Waals surface area contributed by atoms with E-state index >= 15 is 0 Å². The van der Waals surface area contributed by atoms with E-state index in [1.807, 2.05) is 54.6 Å². The molecular formula is C15H14N6O9. The van der Waals surface area contributed by atoms with Gasteiger partial charge in [-0.05, 0) is 36.4 Å². The van der Waals surface area contributed by atoms with Crippen LogP contribution in [0, 0.1) is 30.3 Å². The number of hydrogen-bond donors (Lipinski definition) is 3. The lowest BCUT2D eigenvalue weighted by Crippen LogP contribution is -1.90. The molecule has 3 aromatic heterocycles. The second-order valence-corrected chi connectivity index (χ2v) is 4.55. The van der Waals surface area contributed by atoms with Gasteiger partial charge in [-0.3, -0.25) is 9.97 Å². The Hall–Kier alpha value is -4.95. The predicted molar refractivity (Wildman–Crippen MR) is 97.0 cm³/mol. The van der Waals surface area contributed by atoms with E-state index < -0.39 is 15.3 Å². The summed E-state index contributed by atoms with van der Waals surface area (Å²) in [6.07, 6.45) is 3.54. The number of rotatable bonds is 2. The van der Waals surface area contributed by atoms with E-state index in [4.69, 9.17) is 46.0 Å². The molecule has 0 spiro atoms. The zero-order valence-corrected chi connectivity index (χ0v) is 14.8. The SMILES string of the molecule is O=[N+]([O-])O.O=[N+]([O-])O.O=[N+]([O-])O.c1ccc(-c2cccc(-c3ccccn3)n2)nc1. The second kappa shape index (κ2) is 14.2. The van der Waals surface area contributed by atoms with Gasteiger partial charge in [0.1, 0.15) is 0 Å². The third-order valence-electron chi connectivity index (χ3n) is 2.60. The summed E-state index contributed by atoms with van der Waals surface area (Å²) in [5.74, 6) is 0. The van der Waals surface area contributed by atoms with E-state index in [2.05, 4.69) is 15.0 Å². The summed E-state index contributed by atoms with van der Waals surface area (Å²) in [5, 5.41) is 40.9. The highest BCUT2D eigenvalue weighted by Crippen LogP contribution is 2.19. The van der Waals surface area contributed by atoms with Gasteiger partial charge in [0.25, 0.3) is 15.3 Å². The molecular weight excluding hydrogens is 408 g/mol. The number of aromatic nitrogens is 3. The molecule has 0 bridgehead atoms. The normalized spacial score (nSPS) is 8.53. The number of nitrogens with zero attached hydrogens (tertiary/aromatic N) is 6. The fourth-order valence-electron chi connectivity index (χ4n) is 1.75. The molecule has 0 amide bonds. The number of pyridine rings is 3. The molecule has 0 saturated carbocycles. The third kappa shape index (κ3) is 13.3. The van der Waals surface area contributed by atoms with Gasteiger partial charge in [0, 0.05) is 12.4 Å². The Labute approximate surface area is 166 Å². The first kappa shape index (κ1) is 25.1. The highest BCUT2D eigenvalue weighted by atomic mass is 16.9. The van der Waals surface area contributed by atoms with E-state index in [0.717, 1.165) is 22.8 Å². The van der Waals surface area contributed by atoms with Crippen molar-refractivity contribution in [1.82, 2.24) is 15.0 Å². The minimum absolute atomic E-state index is 0.860. The van der Waals surface area contributed by atoms with E-state index in [1.54, 1.807) is 12.4 Å². The molecule has 30 heavy (non-hydrogen) atoms. The molecule has 0 atom stereocenters. The van der Waals surface area contributed by atoms with Gasteiger partial charge in [-0.15, -0.1) is 30.3 Å². The van der Waals surface area contributed by atoms with Gasteiger partial charge < -0.3 is 15.6 Å². The molecule has 15 nitrogen and oxygen atoms in total. The quantitative estimate of drug-likeness (QED) is 0.398. The molecule has 0 aliphatic carbocycles. The lowest BCUT2D eigenvalue weighted by molar-refractivity contribution is -0.742. The molecule has 15 heteroatoms. The van der Waals surface area contributed by atoms with Crippen molar-refractivity contribution >= 4 is 0 Å². The fraction of sp³-hybridized carbons (Fsp3) is 0. The van der Waals surface area contributed by atoms with Crippen molar-refractivity contribution in [3.63, 3.8) is 0 Å². The highest BCUT2D eigenvalue weighted by Gasteiger charge is 2.03. The first-order chi connectivity index (χ1) is 14.1. The lowest BCUT2D eigenvalue weighted by Gasteiger charge is -2.03. The summed E-state index contributed by atoms with van der Waals surface area (Å²) in [6.45, 7) is 0. The van der Waals surface area contributed by atoms with Crippen molar-refractivity contribution in [2.45, 2.75) is 0 Å². The van der Waals surface area contributed by atoms with Gasteiger partial charge >= 0.3 is 0 Å². The van der Waals surface area contributed by atoms with Crippen LogP contribution in [0.2, 0.25) is 0 Å². The Balaban J connectivity index is 0.000000584. The van der Waals surface area contributed by atoms with Gasteiger partial charge in [0.05, 0.1) is 22.8 Å². The average Bonchev–Trinajstić information content (AvgIpc) is 2.68. The molecule has 3 heterocycles. The van der Waals surface area contributed by atoms with Crippen LogP contribution in [0.4, 0.5) is 0 Å². The van der Waals surface area contributed by atoms with Crippen molar-refractivity contribution < 1.29 is 30.9 Å². The maximum absolute atomic E-state index is 8.36. The van der Waals surface area contributed by atoms with Crippen LogP contribution in [0.1, 0.15) is 0 Å². The minimum Gasteiger partial charge on any atom is -0.328 e. The van der Waals surface area contributed by atoms with Crippen LogP contribution in [0.3, 0.4) is 0 Å². The molecule has 3 aromatic rings. The Morgan fingerprint density at radius 2 is 0.867 bits per heavy atom. The summed E-state index contributed by atoms with van der Waals surface area (Å²) in [4.78, 5) is 38.3. The van der Waals surface area contributed by atoms with Gasteiger partial charge in [-0.2, -0.15) is 0 Å². The molecule has 3 N–H and O–H groups in total. The Morgan fingerprint density at radius 1 is 0.567 bits per heavy atom. The van der Waals surface area contributed by atoms with Crippen LogP contribution in [-0.2, 0) is 0 Å². The van der Waals surface area contributed by atoms with Crippen molar-refractivity contribution in [3.8, 4) is 22.8 Å². The van der Waals surface area contributed by atoms with Gasteiger partial charge in [-0.25, -0.2) is 4.98 Å².